The van der Waals surface area contributed by atoms with Crippen molar-refractivity contribution >= 4 is 27.3 Å². The molecule has 2 aromatic carbocycles. The van der Waals surface area contributed by atoms with E-state index < -0.39 is 20.9 Å². The molecule has 0 spiro atoms. The van der Waals surface area contributed by atoms with Crippen LogP contribution >= 0.6 is 0 Å². The topological polar surface area (TPSA) is 122 Å². The molecular weight excluding hydrogens is 372 g/mol. The first-order valence-electron chi connectivity index (χ1n) is 8.08. The van der Waals surface area contributed by atoms with Crippen molar-refractivity contribution in [3.8, 4) is 0 Å². The molecule has 0 radical (unpaired) electrons. The molecule has 1 amide bonds. The molecule has 0 aliphatic heterocycles. The maximum Gasteiger partial charge on any atom is 0.292 e. The van der Waals surface area contributed by atoms with E-state index in [2.05, 4.69) is 10.6 Å². The summed E-state index contributed by atoms with van der Waals surface area (Å²) in [5, 5.41) is 16.4. The highest BCUT2D eigenvalue weighted by molar-refractivity contribution is 7.89. The Balaban J connectivity index is 1.82. The summed E-state index contributed by atoms with van der Waals surface area (Å²) in [6.07, 6.45) is 0. The van der Waals surface area contributed by atoms with Gasteiger partial charge in [0.15, 0.2) is 0 Å². The number of nitro benzene ring substituents is 1. The van der Waals surface area contributed by atoms with Crippen molar-refractivity contribution < 1.29 is 18.1 Å². The molecule has 0 fully saturated rings. The molecule has 0 atom stereocenters. The van der Waals surface area contributed by atoms with Crippen LogP contribution in [0.25, 0.3) is 0 Å². The number of nitrogens with one attached hydrogen (secondary N) is 2. The number of carbonyl (C=O) groups excluding carboxylic acids is 1. The fourth-order valence-electron chi connectivity index (χ4n) is 2.30. The van der Waals surface area contributed by atoms with Gasteiger partial charge in [0.1, 0.15) is 5.69 Å². The Hall–Kier alpha value is -2.98. The van der Waals surface area contributed by atoms with Crippen LogP contribution in [-0.4, -0.2) is 50.2 Å². The molecule has 2 N–H and O–H groups in total. The van der Waals surface area contributed by atoms with Crippen molar-refractivity contribution in [2.75, 3.05) is 32.0 Å². The summed E-state index contributed by atoms with van der Waals surface area (Å²) < 4.78 is 25.7. The van der Waals surface area contributed by atoms with Crippen molar-refractivity contribution in [3.05, 3.63) is 64.7 Å². The Morgan fingerprint density at radius 2 is 1.70 bits per heavy atom. The van der Waals surface area contributed by atoms with Crippen molar-refractivity contribution in [1.29, 1.82) is 0 Å². The molecule has 0 saturated heterocycles. The van der Waals surface area contributed by atoms with Gasteiger partial charge in [0.25, 0.3) is 5.69 Å². The van der Waals surface area contributed by atoms with E-state index >= 15 is 0 Å². The third kappa shape index (κ3) is 5.50. The molecule has 0 saturated carbocycles. The Morgan fingerprint density at radius 1 is 1.07 bits per heavy atom. The van der Waals surface area contributed by atoms with E-state index in [0.717, 1.165) is 4.31 Å². The van der Waals surface area contributed by atoms with Crippen molar-refractivity contribution in [2.24, 2.45) is 0 Å². The fourth-order valence-corrected chi connectivity index (χ4v) is 3.45. The van der Waals surface area contributed by atoms with Gasteiger partial charge in [-0.3, -0.25) is 14.9 Å². The minimum absolute atomic E-state index is 0.0579. The maximum absolute atomic E-state index is 12.4. The van der Waals surface area contributed by atoms with Crippen LogP contribution in [-0.2, 0) is 14.8 Å². The lowest BCUT2D eigenvalue weighted by molar-refractivity contribution is -0.384. The number of amides is 1. The van der Waals surface area contributed by atoms with Crippen LogP contribution in [0.5, 0.6) is 0 Å². The first-order chi connectivity index (χ1) is 12.8. The van der Waals surface area contributed by atoms with Crippen LogP contribution in [0.4, 0.5) is 11.4 Å². The van der Waals surface area contributed by atoms with Crippen LogP contribution in [0.15, 0.2) is 59.5 Å². The number of nitrogens with zero attached hydrogens (tertiary/aromatic N) is 2. The van der Waals surface area contributed by atoms with Gasteiger partial charge in [-0.25, -0.2) is 8.42 Å². The first kappa shape index (κ1) is 20.3. The molecule has 10 heteroatoms. The van der Waals surface area contributed by atoms with Crippen LogP contribution in [0, 0.1) is 10.1 Å². The molecule has 9 nitrogen and oxygen atoms in total. The Bertz CT molecular complexity index is 903. The zero-order valence-electron chi connectivity index (χ0n) is 14.7. The van der Waals surface area contributed by atoms with Crippen molar-refractivity contribution in [2.45, 2.75) is 4.90 Å². The summed E-state index contributed by atoms with van der Waals surface area (Å²) in [5.74, 6) is -0.471. The predicted molar refractivity (Wildman–Crippen MR) is 101 cm³/mol. The summed E-state index contributed by atoms with van der Waals surface area (Å²) in [5.41, 5.74) is 0.290. The van der Waals surface area contributed by atoms with Crippen LogP contribution in [0.3, 0.4) is 0 Å². The van der Waals surface area contributed by atoms with E-state index in [9.17, 15) is 23.3 Å². The molecule has 2 aromatic rings. The molecule has 0 aliphatic rings. The average Bonchev–Trinajstić information content (AvgIpc) is 2.66. The number of carbonyl (C=O) groups is 1. The van der Waals surface area contributed by atoms with Gasteiger partial charge >= 0.3 is 0 Å². The molecular formula is C17H20N4O5S. The van der Waals surface area contributed by atoms with Crippen molar-refractivity contribution in [1.82, 2.24) is 9.62 Å². The smallest absolute Gasteiger partial charge is 0.292 e. The molecule has 144 valence electrons. The standard InChI is InChI=1S/C17H20N4O5S/c1-20(27(25,26)14-7-3-2-4-8-14)13-17(22)19-12-11-18-15-9-5-6-10-16(15)21(23)24/h2-10,18H,11-13H2,1H3,(H,19,22). The number of para-hydroxylation sites is 2. The highest BCUT2D eigenvalue weighted by atomic mass is 32.2. The highest BCUT2D eigenvalue weighted by Crippen LogP contribution is 2.22. The summed E-state index contributed by atoms with van der Waals surface area (Å²) >= 11 is 0. The highest BCUT2D eigenvalue weighted by Gasteiger charge is 2.22. The van der Waals surface area contributed by atoms with Crippen LogP contribution < -0.4 is 10.6 Å². The number of hydrogen-bond donors (Lipinski definition) is 2. The quantitative estimate of drug-likeness (QED) is 0.378. The average molecular weight is 392 g/mol. The maximum atomic E-state index is 12.4. The monoisotopic (exact) mass is 392 g/mol. The number of likely N-dealkylation sites (N-methyl/N-ethyl adjacent to an activating group) is 1. The lowest BCUT2D eigenvalue weighted by atomic mass is 10.2. The number of nitro groups is 1. The number of rotatable bonds is 9. The SMILES string of the molecule is CN(CC(=O)NCCNc1ccccc1[N+](=O)[O-])S(=O)(=O)c1ccccc1. The van der Waals surface area contributed by atoms with Gasteiger partial charge in [-0.15, -0.1) is 0 Å². The largest absolute Gasteiger partial charge is 0.378 e. The van der Waals surface area contributed by atoms with Gasteiger partial charge in [-0.1, -0.05) is 30.3 Å². The second kappa shape index (κ2) is 9.10. The molecule has 0 aromatic heterocycles. The summed E-state index contributed by atoms with van der Waals surface area (Å²) in [6, 6.07) is 14.0. The van der Waals surface area contributed by atoms with E-state index in [1.165, 1.54) is 25.2 Å². The number of hydrogen-bond acceptors (Lipinski definition) is 6. The summed E-state index contributed by atoms with van der Waals surface area (Å²) in [4.78, 5) is 22.5. The Morgan fingerprint density at radius 3 is 2.37 bits per heavy atom. The Kier molecular flexibility index (Phi) is 6.85. The number of anilines is 1. The first-order valence-corrected chi connectivity index (χ1v) is 9.52. The number of sulfonamides is 1. The lowest BCUT2D eigenvalue weighted by Gasteiger charge is -2.17. The number of benzene rings is 2. The zero-order chi connectivity index (χ0) is 19.9. The molecule has 0 heterocycles. The van der Waals surface area contributed by atoms with Gasteiger partial charge in [0.05, 0.1) is 16.4 Å². The van der Waals surface area contributed by atoms with E-state index in [1.807, 2.05) is 0 Å². The van der Waals surface area contributed by atoms with Gasteiger partial charge in [-0.05, 0) is 18.2 Å². The predicted octanol–water partition coefficient (Wildman–Crippen LogP) is 1.44. The molecule has 0 aliphatic carbocycles. The van der Waals surface area contributed by atoms with E-state index in [4.69, 9.17) is 0 Å². The summed E-state index contributed by atoms with van der Waals surface area (Å²) in [7, 11) is -2.41. The fraction of sp³-hybridized carbons (Fsp3) is 0.235. The van der Waals surface area contributed by atoms with Crippen LogP contribution in [0.2, 0.25) is 0 Å². The minimum atomic E-state index is -3.74. The van der Waals surface area contributed by atoms with Crippen molar-refractivity contribution in [3.63, 3.8) is 0 Å². The van der Waals surface area contributed by atoms with Gasteiger partial charge in [0, 0.05) is 26.2 Å². The van der Waals surface area contributed by atoms with E-state index in [0.29, 0.717) is 5.69 Å². The van der Waals surface area contributed by atoms with Gasteiger partial charge in [-0.2, -0.15) is 4.31 Å². The molecule has 0 bridgehead atoms. The molecule has 0 unspecified atom stereocenters. The normalized spacial score (nSPS) is 11.2. The zero-order valence-corrected chi connectivity index (χ0v) is 15.5. The molecule has 27 heavy (non-hydrogen) atoms. The van der Waals surface area contributed by atoms with Crippen LogP contribution in [0.1, 0.15) is 0 Å². The second-order valence-corrected chi connectivity index (χ2v) is 7.67. The second-order valence-electron chi connectivity index (χ2n) is 5.63. The third-order valence-electron chi connectivity index (χ3n) is 3.68. The lowest BCUT2D eigenvalue weighted by Crippen LogP contribution is -2.39. The van der Waals surface area contributed by atoms with E-state index in [-0.39, 0.29) is 30.2 Å². The minimum Gasteiger partial charge on any atom is -0.378 e. The Labute approximate surface area is 157 Å². The summed E-state index contributed by atoms with van der Waals surface area (Å²) in [6.45, 7) is 0.110. The third-order valence-corrected chi connectivity index (χ3v) is 5.50. The van der Waals surface area contributed by atoms with E-state index in [1.54, 1.807) is 36.4 Å². The van der Waals surface area contributed by atoms with Gasteiger partial charge in [0.2, 0.25) is 15.9 Å². The molecule has 2 rings (SSSR count). The van der Waals surface area contributed by atoms with Gasteiger partial charge < -0.3 is 10.6 Å².